The second kappa shape index (κ2) is 8.75. The normalized spacial score (nSPS) is 32.8. The monoisotopic (exact) mass is 414 g/mol. The molecule has 4 atom stereocenters. The minimum Gasteiger partial charge on any atom is -0.392 e. The third-order valence-corrected chi connectivity index (χ3v) is 5.76. The maximum absolute atomic E-state index is 12.1. The lowest BCUT2D eigenvalue weighted by Crippen LogP contribution is -2.49. The summed E-state index contributed by atoms with van der Waals surface area (Å²) < 4.78 is 12.8. The Morgan fingerprint density at radius 3 is 2.67 bits per heavy atom. The zero-order valence-electron chi connectivity index (χ0n) is 18.6. The first-order valence-electron chi connectivity index (χ1n) is 10.7. The second-order valence-corrected chi connectivity index (χ2v) is 9.39. The molecule has 0 unspecified atom stereocenters. The first-order chi connectivity index (χ1) is 14.0. The van der Waals surface area contributed by atoms with Crippen LogP contribution in [0.5, 0.6) is 0 Å². The number of ketones is 1. The van der Waals surface area contributed by atoms with Gasteiger partial charge in [0.05, 0.1) is 24.4 Å². The summed E-state index contributed by atoms with van der Waals surface area (Å²) in [6.07, 6.45) is 12.9. The zero-order chi connectivity index (χ0) is 22.1. The number of carbonyl (C=O) groups is 1. The number of hydrogen-bond donors (Lipinski definition) is 2. The minimum atomic E-state index is -1.04. The van der Waals surface area contributed by atoms with Crippen LogP contribution in [0.1, 0.15) is 53.9 Å². The van der Waals surface area contributed by atoms with Crippen LogP contribution in [0.25, 0.3) is 0 Å². The molecule has 30 heavy (non-hydrogen) atoms. The first-order valence-corrected chi connectivity index (χ1v) is 10.7. The van der Waals surface area contributed by atoms with Gasteiger partial charge in [-0.2, -0.15) is 0 Å². The number of aliphatic hydroxyl groups excluding tert-OH is 1. The molecule has 0 bridgehead atoms. The molecule has 0 aromatic heterocycles. The number of rotatable bonds is 5. The van der Waals surface area contributed by atoms with Gasteiger partial charge in [-0.3, -0.25) is 4.79 Å². The van der Waals surface area contributed by atoms with Gasteiger partial charge in [0, 0.05) is 12.3 Å². The molecule has 0 radical (unpaired) electrons. The van der Waals surface area contributed by atoms with E-state index in [-0.39, 0.29) is 30.5 Å². The maximum atomic E-state index is 12.1. The number of Topliss-reactive ketones (excluding diaryl/α,β-unsaturated/α-hetero) is 1. The van der Waals surface area contributed by atoms with Crippen LogP contribution in [0.4, 0.5) is 0 Å². The van der Waals surface area contributed by atoms with Crippen LogP contribution in [0.3, 0.4) is 0 Å². The van der Waals surface area contributed by atoms with Crippen molar-refractivity contribution in [2.24, 2.45) is 5.92 Å². The van der Waals surface area contributed by atoms with Crippen molar-refractivity contribution in [3.05, 3.63) is 58.7 Å². The Labute approximate surface area is 179 Å². The van der Waals surface area contributed by atoms with Gasteiger partial charge in [0.15, 0.2) is 5.78 Å². The smallest absolute Gasteiger partial charge is 0.209 e. The van der Waals surface area contributed by atoms with E-state index in [1.165, 1.54) is 0 Å². The van der Waals surface area contributed by atoms with Crippen molar-refractivity contribution in [2.45, 2.75) is 77.5 Å². The Morgan fingerprint density at radius 1 is 1.27 bits per heavy atom. The number of hydrogen-bond acceptors (Lipinski definition) is 5. The van der Waals surface area contributed by atoms with Crippen LogP contribution >= 0.6 is 0 Å². The molecule has 1 spiro atoms. The Morgan fingerprint density at radius 2 is 2.00 bits per heavy atom. The summed E-state index contributed by atoms with van der Waals surface area (Å²) in [5.74, 6) is -1.08. The predicted octanol–water partition coefficient (Wildman–Crippen LogP) is 3.93. The number of fused-ring (bicyclic) bond motifs is 1. The van der Waals surface area contributed by atoms with Gasteiger partial charge in [-0.25, -0.2) is 0 Å². The maximum Gasteiger partial charge on any atom is 0.209 e. The minimum absolute atomic E-state index is 0.0991. The molecule has 3 aliphatic rings. The van der Waals surface area contributed by atoms with Gasteiger partial charge in [-0.1, -0.05) is 29.4 Å². The van der Waals surface area contributed by atoms with E-state index < -0.39 is 11.4 Å². The summed E-state index contributed by atoms with van der Waals surface area (Å²) in [4.78, 5) is 12.1. The van der Waals surface area contributed by atoms with E-state index in [1.807, 2.05) is 38.2 Å². The van der Waals surface area contributed by atoms with Gasteiger partial charge in [0.25, 0.3) is 0 Å². The lowest BCUT2D eigenvalue weighted by Gasteiger charge is -2.45. The molecule has 0 fully saturated rings. The van der Waals surface area contributed by atoms with Crippen LogP contribution < -0.4 is 0 Å². The third-order valence-electron chi connectivity index (χ3n) is 5.76. The van der Waals surface area contributed by atoms with Gasteiger partial charge < -0.3 is 19.7 Å². The molecule has 0 aromatic rings. The highest BCUT2D eigenvalue weighted by atomic mass is 16.7. The average Bonchev–Trinajstić information content (AvgIpc) is 2.60. The van der Waals surface area contributed by atoms with Crippen LogP contribution in [-0.4, -0.2) is 46.2 Å². The lowest BCUT2D eigenvalue weighted by atomic mass is 9.79. The van der Waals surface area contributed by atoms with Gasteiger partial charge in [0.2, 0.25) is 5.79 Å². The molecule has 2 N–H and O–H groups in total. The molecule has 5 nitrogen and oxygen atoms in total. The van der Waals surface area contributed by atoms with Crippen molar-refractivity contribution < 1.29 is 24.5 Å². The second-order valence-electron chi connectivity index (χ2n) is 9.39. The molecule has 164 valence electrons. The number of ether oxygens (including phenoxy) is 2. The first kappa shape index (κ1) is 22.9. The molecule has 5 heteroatoms. The van der Waals surface area contributed by atoms with Crippen molar-refractivity contribution in [2.75, 3.05) is 6.61 Å². The van der Waals surface area contributed by atoms with Crippen LogP contribution in [-0.2, 0) is 14.3 Å². The van der Waals surface area contributed by atoms with E-state index in [0.29, 0.717) is 12.0 Å². The van der Waals surface area contributed by atoms with Crippen LogP contribution in [0, 0.1) is 5.92 Å². The molecule has 0 aromatic carbocycles. The largest absolute Gasteiger partial charge is 0.392 e. The quantitative estimate of drug-likeness (QED) is 0.667. The van der Waals surface area contributed by atoms with Crippen LogP contribution in [0.2, 0.25) is 0 Å². The summed E-state index contributed by atoms with van der Waals surface area (Å²) in [6, 6.07) is 0. The fraction of sp³-hybridized carbons (Fsp3) is 0.560. The summed E-state index contributed by atoms with van der Waals surface area (Å²) in [6.45, 7) is 9.29. The highest BCUT2D eigenvalue weighted by Gasteiger charge is 2.45. The standard InChI is InChI=1S/C25H34O5/c1-16(7-6-8-24(4,5)28)9-20-10-17(2)13-25(29-20)14-19(15-26)21-12-22(27)18(3)11-23(21)30-25/h6,8-9,11,13-14,20-21,23,26,28H,7,10,12,15H2,1-5H3/b8-6+,16-9+/t20-,21-,23-,25+/m1/s1. The lowest BCUT2D eigenvalue weighted by molar-refractivity contribution is -0.224. The van der Waals surface area contributed by atoms with Gasteiger partial charge in [-0.05, 0) is 76.8 Å². The number of aliphatic hydroxyl groups is 2. The predicted molar refractivity (Wildman–Crippen MR) is 117 cm³/mol. The van der Waals surface area contributed by atoms with E-state index in [9.17, 15) is 15.0 Å². The molecular formula is C25H34O5. The van der Waals surface area contributed by atoms with Gasteiger partial charge in [0.1, 0.15) is 0 Å². The van der Waals surface area contributed by atoms with Crippen LogP contribution in [0.15, 0.2) is 58.7 Å². The molecule has 3 rings (SSSR count). The fourth-order valence-electron chi connectivity index (χ4n) is 4.35. The van der Waals surface area contributed by atoms with Crippen molar-refractivity contribution in [1.82, 2.24) is 0 Å². The molecule has 1 aliphatic carbocycles. The number of carbonyl (C=O) groups excluding carboxylic acids is 1. The summed E-state index contributed by atoms with van der Waals surface area (Å²) in [7, 11) is 0. The summed E-state index contributed by atoms with van der Waals surface area (Å²) >= 11 is 0. The molecular weight excluding hydrogens is 380 g/mol. The zero-order valence-corrected chi connectivity index (χ0v) is 18.6. The Kier molecular flexibility index (Phi) is 6.68. The third kappa shape index (κ3) is 5.46. The fourth-order valence-corrected chi connectivity index (χ4v) is 4.35. The highest BCUT2D eigenvalue weighted by Crippen LogP contribution is 2.42. The molecule has 0 saturated heterocycles. The molecule has 0 saturated carbocycles. The van der Waals surface area contributed by atoms with E-state index >= 15 is 0 Å². The average molecular weight is 415 g/mol. The van der Waals surface area contributed by atoms with Crippen molar-refractivity contribution in [3.8, 4) is 0 Å². The summed E-state index contributed by atoms with van der Waals surface area (Å²) in [5.41, 5.74) is 2.97. The topological polar surface area (TPSA) is 76.0 Å². The Balaban J connectivity index is 1.83. The molecule has 2 aliphatic heterocycles. The van der Waals surface area contributed by atoms with E-state index in [0.717, 1.165) is 29.6 Å². The van der Waals surface area contributed by atoms with E-state index in [4.69, 9.17) is 9.47 Å². The SMILES string of the molecule is CC1=C[C@]2(C=C(CO)[C@H]3CC(=O)C(C)=C[C@H]3O2)O[C@H](/C=C(\C)C/C=C/C(C)(C)O)C1. The van der Waals surface area contributed by atoms with E-state index in [2.05, 4.69) is 13.0 Å². The highest BCUT2D eigenvalue weighted by molar-refractivity contribution is 5.96. The van der Waals surface area contributed by atoms with Crippen molar-refractivity contribution in [3.63, 3.8) is 0 Å². The summed E-state index contributed by atoms with van der Waals surface area (Å²) in [5, 5.41) is 19.8. The van der Waals surface area contributed by atoms with E-state index in [1.54, 1.807) is 19.9 Å². The van der Waals surface area contributed by atoms with Crippen molar-refractivity contribution >= 4 is 5.78 Å². The Hall–Kier alpha value is -1.79. The Bertz CT molecular complexity index is 836. The molecule has 2 heterocycles. The number of allylic oxidation sites excluding steroid dienone is 3. The van der Waals surface area contributed by atoms with Crippen molar-refractivity contribution in [1.29, 1.82) is 0 Å². The van der Waals surface area contributed by atoms with Gasteiger partial charge >= 0.3 is 0 Å². The molecule has 0 amide bonds. The van der Waals surface area contributed by atoms with Gasteiger partial charge in [-0.15, -0.1) is 0 Å².